The number of hydrogen-bond donors (Lipinski definition) is 0. The van der Waals surface area contributed by atoms with Crippen LogP contribution >= 0.6 is 0 Å². The van der Waals surface area contributed by atoms with Crippen molar-refractivity contribution in [2.75, 3.05) is 0 Å². The number of ether oxygens (including phenoxy) is 1. The summed E-state index contributed by atoms with van der Waals surface area (Å²) in [6.45, 7) is 0. The van der Waals surface area contributed by atoms with Crippen LogP contribution in [0.25, 0.3) is 0 Å². The topological polar surface area (TPSA) is 43.4 Å². The number of rotatable bonds is 2. The lowest BCUT2D eigenvalue weighted by atomic mass is 9.66. The third kappa shape index (κ3) is 2.18. The number of benzene rings is 1. The van der Waals surface area contributed by atoms with Crippen molar-refractivity contribution < 1.29 is 14.3 Å². The van der Waals surface area contributed by atoms with Crippen LogP contribution in [0, 0.1) is 5.92 Å². The Balaban J connectivity index is 1.97. The van der Waals surface area contributed by atoms with Crippen LogP contribution in [-0.4, -0.2) is 11.9 Å². The highest BCUT2D eigenvalue weighted by Gasteiger charge is 2.46. The fraction of sp³-hybridized carbons (Fsp3) is 0.500. The monoisotopic (exact) mass is 258 g/mol. The summed E-state index contributed by atoms with van der Waals surface area (Å²) in [5, 5.41) is 0. The Morgan fingerprint density at radius 3 is 2.11 bits per heavy atom. The molecule has 3 nitrogen and oxygen atoms in total. The first-order chi connectivity index (χ1) is 9.21. The van der Waals surface area contributed by atoms with Crippen LogP contribution in [0.2, 0.25) is 0 Å². The van der Waals surface area contributed by atoms with E-state index in [0.29, 0.717) is 12.8 Å². The molecule has 3 heteroatoms. The van der Waals surface area contributed by atoms with Gasteiger partial charge in [-0.05, 0) is 29.7 Å². The lowest BCUT2D eigenvalue weighted by molar-refractivity contribution is -0.166. The van der Waals surface area contributed by atoms with E-state index in [2.05, 4.69) is 16.9 Å². The minimum absolute atomic E-state index is 0.00361. The molecule has 0 bridgehead atoms. The van der Waals surface area contributed by atoms with Crippen LogP contribution in [0.4, 0.5) is 0 Å². The molecule has 19 heavy (non-hydrogen) atoms. The van der Waals surface area contributed by atoms with E-state index >= 15 is 0 Å². The zero-order valence-electron chi connectivity index (χ0n) is 10.9. The summed E-state index contributed by atoms with van der Waals surface area (Å²) in [6, 6.07) is 10.4. The minimum atomic E-state index is -0.358. The molecule has 2 fully saturated rings. The Labute approximate surface area is 113 Å². The van der Waals surface area contributed by atoms with Crippen molar-refractivity contribution in [3.63, 3.8) is 0 Å². The smallest absolute Gasteiger partial charge is 0.313 e. The van der Waals surface area contributed by atoms with Crippen molar-refractivity contribution >= 4 is 11.9 Å². The van der Waals surface area contributed by atoms with E-state index in [9.17, 15) is 9.59 Å². The van der Waals surface area contributed by atoms with Gasteiger partial charge in [-0.3, -0.25) is 9.59 Å². The Morgan fingerprint density at radius 1 is 0.947 bits per heavy atom. The average Bonchev–Trinajstić information content (AvgIpc) is 2.89. The van der Waals surface area contributed by atoms with E-state index in [1.54, 1.807) is 0 Å². The van der Waals surface area contributed by atoms with Gasteiger partial charge >= 0.3 is 11.9 Å². The first kappa shape index (κ1) is 12.4. The van der Waals surface area contributed by atoms with Crippen LogP contribution in [0.3, 0.4) is 0 Å². The number of esters is 2. The van der Waals surface area contributed by atoms with Crippen molar-refractivity contribution in [3.05, 3.63) is 35.9 Å². The molecule has 0 amide bonds. The third-order valence-corrected chi connectivity index (χ3v) is 4.68. The van der Waals surface area contributed by atoms with Crippen LogP contribution in [0.1, 0.15) is 44.1 Å². The van der Waals surface area contributed by atoms with E-state index in [0.717, 1.165) is 12.8 Å². The van der Waals surface area contributed by atoms with E-state index in [4.69, 9.17) is 0 Å². The first-order valence-corrected chi connectivity index (χ1v) is 7.00. The molecule has 3 rings (SSSR count). The summed E-state index contributed by atoms with van der Waals surface area (Å²) in [5.74, 6) is -0.613. The second-order valence-electron chi connectivity index (χ2n) is 5.68. The largest absolute Gasteiger partial charge is 0.393 e. The Bertz CT molecular complexity index is 470. The lowest BCUT2D eigenvalue weighted by Gasteiger charge is -2.39. The molecule has 1 heterocycles. The molecule has 1 aliphatic carbocycles. The zero-order chi connectivity index (χ0) is 13.3. The molecule has 0 atom stereocenters. The lowest BCUT2D eigenvalue weighted by Crippen LogP contribution is -2.39. The molecule has 0 aromatic heterocycles. The molecule has 0 spiro atoms. The van der Waals surface area contributed by atoms with Gasteiger partial charge in [-0.15, -0.1) is 0 Å². The fourth-order valence-electron chi connectivity index (χ4n) is 3.78. The van der Waals surface area contributed by atoms with Crippen LogP contribution in [-0.2, 0) is 19.7 Å². The molecular weight excluding hydrogens is 240 g/mol. The Kier molecular flexibility index (Phi) is 3.13. The van der Waals surface area contributed by atoms with Crippen molar-refractivity contribution in [3.8, 4) is 0 Å². The Hall–Kier alpha value is -1.64. The van der Waals surface area contributed by atoms with Crippen molar-refractivity contribution in [2.45, 2.75) is 43.9 Å². The molecule has 1 aromatic rings. The number of carbonyl (C=O) groups is 2. The van der Waals surface area contributed by atoms with Gasteiger partial charge in [0.15, 0.2) is 0 Å². The zero-order valence-corrected chi connectivity index (χ0v) is 10.9. The van der Waals surface area contributed by atoms with Gasteiger partial charge in [0.2, 0.25) is 0 Å². The number of carbonyl (C=O) groups excluding carboxylic acids is 2. The number of hydrogen-bond acceptors (Lipinski definition) is 3. The van der Waals surface area contributed by atoms with Crippen LogP contribution < -0.4 is 0 Å². The molecule has 0 radical (unpaired) electrons. The van der Waals surface area contributed by atoms with Gasteiger partial charge in [0.1, 0.15) is 0 Å². The molecule has 0 unspecified atom stereocenters. The SMILES string of the molecule is O=C1CC(C2(c3ccccc3)CCCC2)CC(=O)O1. The standard InChI is InChI=1S/C16H18O3/c17-14-10-13(11-15(18)19-14)16(8-4-5-9-16)12-6-2-1-3-7-12/h1-3,6-7,13H,4-5,8-11H2. The summed E-state index contributed by atoms with van der Waals surface area (Å²) in [4.78, 5) is 23.1. The predicted molar refractivity (Wildman–Crippen MR) is 70.4 cm³/mol. The van der Waals surface area contributed by atoms with E-state index in [-0.39, 0.29) is 23.3 Å². The van der Waals surface area contributed by atoms with Crippen LogP contribution in [0.15, 0.2) is 30.3 Å². The molecule has 1 saturated carbocycles. The van der Waals surface area contributed by atoms with Gasteiger partial charge in [-0.25, -0.2) is 0 Å². The van der Waals surface area contributed by atoms with E-state index in [1.807, 2.05) is 18.2 Å². The highest BCUT2D eigenvalue weighted by atomic mass is 16.6. The number of cyclic esters (lactones) is 2. The van der Waals surface area contributed by atoms with Gasteiger partial charge in [-0.2, -0.15) is 0 Å². The minimum Gasteiger partial charge on any atom is -0.393 e. The van der Waals surface area contributed by atoms with Gasteiger partial charge in [0, 0.05) is 0 Å². The van der Waals surface area contributed by atoms with Gasteiger partial charge in [0.25, 0.3) is 0 Å². The van der Waals surface area contributed by atoms with Gasteiger partial charge in [-0.1, -0.05) is 43.2 Å². The van der Waals surface area contributed by atoms with Crippen molar-refractivity contribution in [2.24, 2.45) is 5.92 Å². The summed E-state index contributed by atoms with van der Waals surface area (Å²) in [6.07, 6.45) is 5.25. The quantitative estimate of drug-likeness (QED) is 0.605. The average molecular weight is 258 g/mol. The van der Waals surface area contributed by atoms with Crippen molar-refractivity contribution in [1.29, 1.82) is 0 Å². The second kappa shape index (κ2) is 4.80. The normalized spacial score (nSPS) is 23.4. The summed E-state index contributed by atoms with van der Waals surface area (Å²) in [7, 11) is 0. The van der Waals surface area contributed by atoms with Crippen LogP contribution in [0.5, 0.6) is 0 Å². The molecule has 1 saturated heterocycles. The van der Waals surface area contributed by atoms with Gasteiger partial charge < -0.3 is 4.74 Å². The third-order valence-electron chi connectivity index (χ3n) is 4.68. The van der Waals surface area contributed by atoms with E-state index in [1.165, 1.54) is 18.4 Å². The van der Waals surface area contributed by atoms with Gasteiger partial charge in [0.05, 0.1) is 12.8 Å². The summed E-state index contributed by atoms with van der Waals surface area (Å²) in [5.41, 5.74) is 1.27. The molecule has 1 aromatic carbocycles. The van der Waals surface area contributed by atoms with Crippen molar-refractivity contribution in [1.82, 2.24) is 0 Å². The van der Waals surface area contributed by atoms with E-state index < -0.39 is 0 Å². The molecule has 2 aliphatic rings. The highest BCUT2D eigenvalue weighted by Crippen LogP contribution is 2.50. The molecule has 0 N–H and O–H groups in total. The maximum Gasteiger partial charge on any atom is 0.313 e. The summed E-state index contributed by atoms with van der Waals surface area (Å²) < 4.78 is 4.68. The second-order valence-corrected chi connectivity index (χ2v) is 5.68. The first-order valence-electron chi connectivity index (χ1n) is 7.00. The molecule has 1 aliphatic heterocycles. The maximum absolute atomic E-state index is 11.6. The Morgan fingerprint density at radius 2 is 1.53 bits per heavy atom. The fourth-order valence-corrected chi connectivity index (χ4v) is 3.78. The predicted octanol–water partition coefficient (Wildman–Crippen LogP) is 2.98. The molecular formula is C16H18O3. The summed E-state index contributed by atoms with van der Waals surface area (Å²) >= 11 is 0. The highest BCUT2D eigenvalue weighted by molar-refractivity contribution is 5.88. The molecule has 100 valence electrons. The maximum atomic E-state index is 11.6.